The first-order valence-corrected chi connectivity index (χ1v) is 13.2. The maximum atomic E-state index is 13.2. The molecule has 2 aliphatic rings. The van der Waals surface area contributed by atoms with E-state index in [9.17, 15) is 84.3 Å². The fourth-order valence-electron chi connectivity index (χ4n) is 4.96. The fourth-order valence-corrected chi connectivity index (χ4v) is 4.96. The van der Waals surface area contributed by atoms with Crippen LogP contribution < -0.4 is 18.9 Å². The molecule has 2 aromatic heterocycles. The van der Waals surface area contributed by atoms with Gasteiger partial charge in [0.1, 0.15) is 59.1 Å². The molecule has 12 nitrogen and oxygen atoms in total. The van der Waals surface area contributed by atoms with Crippen molar-refractivity contribution >= 4 is 11.1 Å². The molecular formula is C30H4F12N8O4. The summed E-state index contributed by atoms with van der Waals surface area (Å²) in [6.45, 7) is 0. The average molecular weight is 768 g/mol. The maximum Gasteiger partial charge on any atom is 0.574 e. The molecule has 0 atom stereocenters. The van der Waals surface area contributed by atoms with Crippen LogP contribution in [0.1, 0.15) is 11.4 Å². The van der Waals surface area contributed by atoms with Crippen molar-refractivity contribution in [3.8, 4) is 59.7 Å². The van der Waals surface area contributed by atoms with Gasteiger partial charge in [0.2, 0.25) is 11.8 Å². The average Bonchev–Trinajstić information content (AvgIpc) is 3.51. The summed E-state index contributed by atoms with van der Waals surface area (Å²) in [6, 6.07) is 8.55. The molecule has 2 heterocycles. The van der Waals surface area contributed by atoms with Crippen molar-refractivity contribution in [3.05, 3.63) is 80.2 Å². The summed E-state index contributed by atoms with van der Waals surface area (Å²) >= 11 is 0. The lowest BCUT2D eigenvalue weighted by molar-refractivity contribution is -0.279. The summed E-state index contributed by atoms with van der Waals surface area (Å²) in [6.07, 6.45) is -22.5. The number of nitrogens with zero attached hydrogens (tertiary/aromatic N) is 8. The third-order valence-electron chi connectivity index (χ3n) is 6.39. The van der Waals surface area contributed by atoms with E-state index >= 15 is 0 Å². The second-order valence-electron chi connectivity index (χ2n) is 9.66. The van der Waals surface area contributed by atoms with E-state index in [0.29, 0.717) is 0 Å². The standard InChI is InChI=1S/C30H4F12N8O4/c31-27(32,33)51-13-1-17(49-19(3-13)53-29(37,38)39)23-15(9-47)25-22(12(7-45)8-46)24(16(10-48)26(25)21(23)11(5-43)6-44)18-2-14(52-28(34,35)36)4-20(50-18)54-30(40,41)42/h1-4H. The maximum absolute atomic E-state index is 13.2. The molecule has 2 aromatic rings. The Hall–Kier alpha value is -7.70. The largest absolute Gasteiger partial charge is 0.574 e. The molecule has 0 saturated carbocycles. The van der Waals surface area contributed by atoms with Gasteiger partial charge in [0.05, 0.1) is 22.5 Å². The molecule has 4 rings (SSSR count). The minimum absolute atomic E-state index is 0.0121. The van der Waals surface area contributed by atoms with Crippen molar-refractivity contribution in [3.63, 3.8) is 0 Å². The molecule has 0 radical (unpaired) electrons. The highest BCUT2D eigenvalue weighted by molar-refractivity contribution is 6.10. The number of hydrogen-bond donors (Lipinski definition) is 0. The Kier molecular flexibility index (Phi) is 9.98. The highest BCUT2D eigenvalue weighted by Crippen LogP contribution is 2.58. The lowest BCUT2D eigenvalue weighted by Gasteiger charge is -2.17. The number of aromatic nitrogens is 2. The second kappa shape index (κ2) is 13.8. The van der Waals surface area contributed by atoms with E-state index in [-0.39, 0.29) is 24.3 Å². The first kappa shape index (κ1) is 39.1. The highest BCUT2D eigenvalue weighted by Gasteiger charge is 2.46. The number of halogens is 12. The van der Waals surface area contributed by atoms with E-state index in [0.717, 1.165) is 0 Å². The van der Waals surface area contributed by atoms with Gasteiger partial charge in [0, 0.05) is 57.7 Å². The summed E-state index contributed by atoms with van der Waals surface area (Å²) in [5.74, 6) is -6.36. The molecule has 0 spiro atoms. The van der Waals surface area contributed by atoms with Crippen LogP contribution in [0.3, 0.4) is 0 Å². The highest BCUT2D eigenvalue weighted by atomic mass is 19.4. The van der Waals surface area contributed by atoms with Crippen LogP contribution in [0.2, 0.25) is 0 Å². The Labute approximate surface area is 290 Å². The van der Waals surface area contributed by atoms with Crippen LogP contribution in [0.25, 0.3) is 11.1 Å². The van der Waals surface area contributed by atoms with Gasteiger partial charge in [-0.15, -0.1) is 52.7 Å². The number of ether oxygens (including phenoxy) is 4. The number of rotatable bonds is 6. The van der Waals surface area contributed by atoms with Crippen LogP contribution in [0.5, 0.6) is 23.3 Å². The van der Waals surface area contributed by atoms with Crippen molar-refractivity contribution in [2.75, 3.05) is 0 Å². The summed E-state index contributed by atoms with van der Waals surface area (Å²) in [5, 5.41) is 60.0. The third-order valence-corrected chi connectivity index (χ3v) is 6.39. The molecule has 24 heteroatoms. The van der Waals surface area contributed by atoms with Crippen molar-refractivity contribution in [1.29, 1.82) is 31.6 Å². The van der Waals surface area contributed by atoms with E-state index in [1.54, 1.807) is 0 Å². The Morgan fingerprint density at radius 1 is 0.444 bits per heavy atom. The second-order valence-corrected chi connectivity index (χ2v) is 9.66. The Morgan fingerprint density at radius 3 is 0.981 bits per heavy atom. The molecule has 0 bridgehead atoms. The van der Waals surface area contributed by atoms with E-state index in [4.69, 9.17) is 0 Å². The Morgan fingerprint density at radius 2 is 0.741 bits per heavy atom. The van der Waals surface area contributed by atoms with Crippen LogP contribution in [-0.2, 0) is 0 Å². The lowest BCUT2D eigenvalue weighted by atomic mass is 9.87. The predicted molar refractivity (Wildman–Crippen MR) is 144 cm³/mol. The van der Waals surface area contributed by atoms with Crippen molar-refractivity contribution < 1.29 is 71.6 Å². The van der Waals surface area contributed by atoms with E-state index < -0.39 is 116 Å². The number of nitriles is 6. The van der Waals surface area contributed by atoms with Gasteiger partial charge in [-0.05, 0) is 0 Å². The van der Waals surface area contributed by atoms with Gasteiger partial charge < -0.3 is 18.9 Å². The summed E-state index contributed by atoms with van der Waals surface area (Å²) in [5.41, 5.74) is -12.6. The molecule has 2 aliphatic carbocycles. The van der Waals surface area contributed by atoms with E-state index in [2.05, 4.69) is 28.9 Å². The predicted octanol–water partition coefficient (Wildman–Crippen LogP) is 7.34. The first-order chi connectivity index (χ1) is 25.0. The smallest absolute Gasteiger partial charge is 0.406 e. The molecule has 0 aromatic carbocycles. The van der Waals surface area contributed by atoms with Crippen molar-refractivity contribution in [2.24, 2.45) is 0 Å². The van der Waals surface area contributed by atoms with E-state index in [1.165, 1.54) is 36.4 Å². The van der Waals surface area contributed by atoms with Crippen LogP contribution in [0, 0.1) is 68.0 Å². The molecule has 0 amide bonds. The molecule has 0 aliphatic heterocycles. The SMILES string of the molecule is N#CC(C#N)=C1C2=C(C(C#N)=C1c1cc(OC(F)(F)F)cc(OC(F)(F)F)n1)C(=C(C#N)C#N)C(c1cc(OC(F)(F)F)cc(OC(F)(F)F)n1)=C2C#N. The topological polar surface area (TPSA) is 205 Å². The minimum atomic E-state index is -5.63. The van der Waals surface area contributed by atoms with Crippen LogP contribution in [0.15, 0.2) is 68.9 Å². The van der Waals surface area contributed by atoms with Gasteiger partial charge >= 0.3 is 25.4 Å². The zero-order valence-electron chi connectivity index (χ0n) is 25.1. The zero-order valence-corrected chi connectivity index (χ0v) is 25.1. The fraction of sp³-hybridized carbons (Fsp3) is 0.133. The number of hydrogen-bond acceptors (Lipinski definition) is 12. The van der Waals surface area contributed by atoms with Crippen molar-refractivity contribution in [2.45, 2.75) is 25.4 Å². The molecule has 272 valence electrons. The lowest BCUT2D eigenvalue weighted by Crippen LogP contribution is -2.20. The van der Waals surface area contributed by atoms with Gasteiger partial charge in [-0.3, -0.25) is 0 Å². The van der Waals surface area contributed by atoms with E-state index in [1.807, 2.05) is 0 Å². The zero-order chi connectivity index (χ0) is 40.6. The van der Waals surface area contributed by atoms with Crippen LogP contribution >= 0.6 is 0 Å². The molecular weight excluding hydrogens is 764 g/mol. The first-order valence-electron chi connectivity index (χ1n) is 13.2. The molecule has 0 N–H and O–H groups in total. The van der Waals surface area contributed by atoms with Gasteiger partial charge in [-0.2, -0.15) is 31.6 Å². The number of pyridine rings is 2. The Bertz CT molecular complexity index is 2140. The molecule has 54 heavy (non-hydrogen) atoms. The molecule has 0 fully saturated rings. The quantitative estimate of drug-likeness (QED) is 0.209. The van der Waals surface area contributed by atoms with Gasteiger partial charge in [-0.25, -0.2) is 9.97 Å². The van der Waals surface area contributed by atoms with Gasteiger partial charge in [0.15, 0.2) is 0 Å². The van der Waals surface area contributed by atoms with Gasteiger partial charge in [0.25, 0.3) is 0 Å². The summed E-state index contributed by atoms with van der Waals surface area (Å²) < 4.78 is 173. The van der Waals surface area contributed by atoms with Crippen LogP contribution in [0.4, 0.5) is 52.7 Å². The van der Waals surface area contributed by atoms with Crippen molar-refractivity contribution in [1.82, 2.24) is 9.97 Å². The normalized spacial score (nSPS) is 14.3. The minimum Gasteiger partial charge on any atom is -0.406 e. The third kappa shape index (κ3) is 8.26. The summed E-state index contributed by atoms with van der Waals surface area (Å²) in [4.78, 5) is 6.81. The summed E-state index contributed by atoms with van der Waals surface area (Å²) in [7, 11) is 0. The Balaban J connectivity index is 2.21. The van der Waals surface area contributed by atoms with Crippen LogP contribution in [-0.4, -0.2) is 35.4 Å². The van der Waals surface area contributed by atoms with Gasteiger partial charge in [-0.1, -0.05) is 0 Å². The number of allylic oxidation sites excluding steroid dienone is 10. The molecule has 0 saturated heterocycles. The molecule has 0 unspecified atom stereocenters. The monoisotopic (exact) mass is 768 g/mol. The number of alkyl halides is 12.